The zero-order chi connectivity index (χ0) is 15.2. The van der Waals surface area contributed by atoms with Gasteiger partial charge >= 0.3 is 6.18 Å². The van der Waals surface area contributed by atoms with Gasteiger partial charge in [-0.3, -0.25) is 0 Å². The molecule has 1 rings (SSSR count). The standard InChI is InChI=1S/C15H22F3NO/c1-4-13(5-2)19-10-11(3)20-14-8-6-12(7-9-14)15(16,17)18/h6-9,11,13,19H,4-5,10H2,1-3H3. The van der Waals surface area contributed by atoms with Gasteiger partial charge in [-0.25, -0.2) is 0 Å². The molecule has 0 saturated heterocycles. The van der Waals surface area contributed by atoms with Gasteiger partial charge in [-0.1, -0.05) is 13.8 Å². The molecule has 0 bridgehead atoms. The molecule has 0 spiro atoms. The first kappa shape index (κ1) is 16.8. The maximum atomic E-state index is 12.4. The molecule has 0 aromatic heterocycles. The summed E-state index contributed by atoms with van der Waals surface area (Å²) in [7, 11) is 0. The highest BCUT2D eigenvalue weighted by Crippen LogP contribution is 2.30. The van der Waals surface area contributed by atoms with Gasteiger partial charge in [0.1, 0.15) is 11.9 Å². The first-order chi connectivity index (χ1) is 9.36. The third-order valence-electron chi connectivity index (χ3n) is 3.20. The van der Waals surface area contributed by atoms with E-state index in [1.807, 2.05) is 6.92 Å². The van der Waals surface area contributed by atoms with Crippen molar-refractivity contribution in [3.63, 3.8) is 0 Å². The monoisotopic (exact) mass is 289 g/mol. The molecule has 114 valence electrons. The predicted molar refractivity (Wildman–Crippen MR) is 73.9 cm³/mol. The molecule has 5 heteroatoms. The molecule has 1 aromatic carbocycles. The Morgan fingerprint density at radius 1 is 1.10 bits per heavy atom. The normalized spacial score (nSPS) is 13.6. The SMILES string of the molecule is CCC(CC)NCC(C)Oc1ccc(C(F)(F)F)cc1. The van der Waals surface area contributed by atoms with E-state index in [0.717, 1.165) is 25.0 Å². The number of hydrogen-bond acceptors (Lipinski definition) is 2. The molecule has 0 saturated carbocycles. The van der Waals surface area contributed by atoms with E-state index in [1.54, 1.807) is 0 Å². The molecule has 0 aliphatic carbocycles. The summed E-state index contributed by atoms with van der Waals surface area (Å²) < 4.78 is 42.8. The molecule has 1 aromatic rings. The van der Waals surface area contributed by atoms with Crippen molar-refractivity contribution in [3.8, 4) is 5.75 Å². The summed E-state index contributed by atoms with van der Waals surface area (Å²) in [6.07, 6.45) is -2.30. The van der Waals surface area contributed by atoms with Crippen LogP contribution in [-0.4, -0.2) is 18.7 Å². The molecule has 1 atom stereocenters. The summed E-state index contributed by atoms with van der Waals surface area (Å²) in [5.41, 5.74) is -0.660. The van der Waals surface area contributed by atoms with Crippen molar-refractivity contribution in [2.75, 3.05) is 6.54 Å². The lowest BCUT2D eigenvalue weighted by molar-refractivity contribution is -0.137. The van der Waals surface area contributed by atoms with E-state index in [2.05, 4.69) is 19.2 Å². The summed E-state index contributed by atoms with van der Waals surface area (Å²) in [5, 5.41) is 3.37. The number of nitrogens with one attached hydrogen (secondary N) is 1. The Balaban J connectivity index is 2.48. The fourth-order valence-corrected chi connectivity index (χ4v) is 1.91. The Labute approximate surface area is 118 Å². The van der Waals surface area contributed by atoms with E-state index in [0.29, 0.717) is 18.3 Å². The molecular formula is C15H22F3NO. The molecular weight excluding hydrogens is 267 g/mol. The predicted octanol–water partition coefficient (Wildman–Crippen LogP) is 4.25. The second-order valence-corrected chi connectivity index (χ2v) is 4.87. The molecule has 1 unspecified atom stereocenters. The van der Waals surface area contributed by atoms with Crippen LogP contribution in [-0.2, 0) is 6.18 Å². The van der Waals surface area contributed by atoms with Crippen LogP contribution in [0.3, 0.4) is 0 Å². The Hall–Kier alpha value is -1.23. The highest BCUT2D eigenvalue weighted by atomic mass is 19.4. The lowest BCUT2D eigenvalue weighted by Gasteiger charge is -2.20. The fraction of sp³-hybridized carbons (Fsp3) is 0.600. The van der Waals surface area contributed by atoms with Gasteiger partial charge in [-0.2, -0.15) is 13.2 Å². The highest BCUT2D eigenvalue weighted by Gasteiger charge is 2.30. The topological polar surface area (TPSA) is 21.3 Å². The van der Waals surface area contributed by atoms with Crippen molar-refractivity contribution in [2.24, 2.45) is 0 Å². The van der Waals surface area contributed by atoms with Crippen molar-refractivity contribution in [2.45, 2.75) is 51.9 Å². The average Bonchev–Trinajstić information content (AvgIpc) is 2.39. The number of alkyl halides is 3. The van der Waals surface area contributed by atoms with E-state index < -0.39 is 11.7 Å². The Kier molecular flexibility index (Phi) is 6.33. The van der Waals surface area contributed by atoms with Gasteiger partial charge in [0.25, 0.3) is 0 Å². The largest absolute Gasteiger partial charge is 0.489 e. The van der Waals surface area contributed by atoms with Crippen LogP contribution < -0.4 is 10.1 Å². The number of ether oxygens (including phenoxy) is 1. The van der Waals surface area contributed by atoms with Gasteiger partial charge in [-0.15, -0.1) is 0 Å². The van der Waals surface area contributed by atoms with Gasteiger partial charge in [0.05, 0.1) is 5.56 Å². The van der Waals surface area contributed by atoms with Crippen LogP contribution in [0, 0.1) is 0 Å². The molecule has 1 N–H and O–H groups in total. The van der Waals surface area contributed by atoms with Crippen molar-refractivity contribution in [1.82, 2.24) is 5.32 Å². The van der Waals surface area contributed by atoms with Gasteiger partial charge in [0.2, 0.25) is 0 Å². The molecule has 0 heterocycles. The van der Waals surface area contributed by atoms with Crippen LogP contribution >= 0.6 is 0 Å². The third-order valence-corrected chi connectivity index (χ3v) is 3.20. The van der Waals surface area contributed by atoms with E-state index in [1.165, 1.54) is 12.1 Å². The van der Waals surface area contributed by atoms with Crippen molar-refractivity contribution in [3.05, 3.63) is 29.8 Å². The molecule has 0 radical (unpaired) electrons. The maximum absolute atomic E-state index is 12.4. The second-order valence-electron chi connectivity index (χ2n) is 4.87. The number of hydrogen-bond donors (Lipinski definition) is 1. The minimum Gasteiger partial charge on any atom is -0.489 e. The quantitative estimate of drug-likeness (QED) is 0.810. The highest BCUT2D eigenvalue weighted by molar-refractivity contribution is 5.29. The van der Waals surface area contributed by atoms with Gasteiger partial charge in [0.15, 0.2) is 0 Å². The van der Waals surface area contributed by atoms with Gasteiger partial charge in [0, 0.05) is 12.6 Å². The molecule has 2 nitrogen and oxygen atoms in total. The number of halogens is 3. The van der Waals surface area contributed by atoms with Crippen LogP contribution in [0.15, 0.2) is 24.3 Å². The molecule has 20 heavy (non-hydrogen) atoms. The second kappa shape index (κ2) is 7.53. The maximum Gasteiger partial charge on any atom is 0.416 e. The summed E-state index contributed by atoms with van der Waals surface area (Å²) in [4.78, 5) is 0. The van der Waals surface area contributed by atoms with Crippen LogP contribution in [0.2, 0.25) is 0 Å². The minimum absolute atomic E-state index is 0.0904. The first-order valence-electron chi connectivity index (χ1n) is 6.94. The zero-order valence-electron chi connectivity index (χ0n) is 12.1. The average molecular weight is 289 g/mol. The molecule has 0 fully saturated rings. The van der Waals surface area contributed by atoms with E-state index in [4.69, 9.17) is 4.74 Å². The fourth-order valence-electron chi connectivity index (χ4n) is 1.91. The van der Waals surface area contributed by atoms with E-state index in [-0.39, 0.29) is 6.10 Å². The molecule has 0 aliphatic heterocycles. The summed E-state index contributed by atoms with van der Waals surface area (Å²) in [5.74, 6) is 0.455. The summed E-state index contributed by atoms with van der Waals surface area (Å²) >= 11 is 0. The number of rotatable bonds is 7. The molecule has 0 amide bonds. The van der Waals surface area contributed by atoms with Crippen molar-refractivity contribution in [1.29, 1.82) is 0 Å². The van der Waals surface area contributed by atoms with Gasteiger partial charge in [-0.05, 0) is 44.0 Å². The van der Waals surface area contributed by atoms with Crippen LogP contribution in [0.4, 0.5) is 13.2 Å². The van der Waals surface area contributed by atoms with Crippen LogP contribution in [0.5, 0.6) is 5.75 Å². The van der Waals surface area contributed by atoms with E-state index >= 15 is 0 Å². The Morgan fingerprint density at radius 2 is 1.65 bits per heavy atom. The lowest BCUT2D eigenvalue weighted by atomic mass is 10.1. The smallest absolute Gasteiger partial charge is 0.416 e. The summed E-state index contributed by atoms with van der Waals surface area (Å²) in [6, 6.07) is 5.24. The molecule has 0 aliphatic rings. The minimum atomic E-state index is -4.30. The van der Waals surface area contributed by atoms with E-state index in [9.17, 15) is 13.2 Å². The Morgan fingerprint density at radius 3 is 2.10 bits per heavy atom. The lowest BCUT2D eigenvalue weighted by Crippen LogP contribution is -2.36. The van der Waals surface area contributed by atoms with Crippen LogP contribution in [0.25, 0.3) is 0 Å². The first-order valence-corrected chi connectivity index (χ1v) is 6.94. The zero-order valence-corrected chi connectivity index (χ0v) is 12.1. The summed E-state index contributed by atoms with van der Waals surface area (Å²) in [6.45, 7) is 6.80. The van der Waals surface area contributed by atoms with Crippen molar-refractivity contribution < 1.29 is 17.9 Å². The van der Waals surface area contributed by atoms with Crippen LogP contribution in [0.1, 0.15) is 39.2 Å². The number of benzene rings is 1. The van der Waals surface area contributed by atoms with Gasteiger partial charge < -0.3 is 10.1 Å². The van der Waals surface area contributed by atoms with Crippen molar-refractivity contribution >= 4 is 0 Å². The Bertz CT molecular complexity index is 385. The third kappa shape index (κ3) is 5.41.